The summed E-state index contributed by atoms with van der Waals surface area (Å²) < 4.78 is 10.9. The van der Waals surface area contributed by atoms with Crippen LogP contribution in [-0.2, 0) is 4.74 Å². The molecule has 1 aromatic rings. The van der Waals surface area contributed by atoms with Crippen molar-refractivity contribution in [1.29, 1.82) is 5.26 Å². The largest absolute Gasteiger partial charge is 0.490 e. The highest BCUT2D eigenvalue weighted by atomic mass is 16.6. The molecule has 0 fully saturated rings. The van der Waals surface area contributed by atoms with Crippen LogP contribution in [0.1, 0.15) is 26.3 Å². The summed E-state index contributed by atoms with van der Waals surface area (Å²) in [5.74, 6) is 0.325. The molecule has 0 saturated carbocycles. The van der Waals surface area contributed by atoms with Gasteiger partial charge in [-0.05, 0) is 26.8 Å². The average molecular weight is 264 g/mol. The van der Waals surface area contributed by atoms with Crippen molar-refractivity contribution in [3.05, 3.63) is 33.9 Å². The fourth-order valence-electron chi connectivity index (χ4n) is 1.34. The van der Waals surface area contributed by atoms with Gasteiger partial charge in [0.25, 0.3) is 5.69 Å². The van der Waals surface area contributed by atoms with Crippen LogP contribution in [0.5, 0.6) is 5.75 Å². The Balaban J connectivity index is 2.64. The Morgan fingerprint density at radius 2 is 2.05 bits per heavy atom. The molecule has 0 radical (unpaired) electrons. The molecule has 6 heteroatoms. The molecule has 6 nitrogen and oxygen atoms in total. The number of benzene rings is 1. The second kappa shape index (κ2) is 6.16. The Morgan fingerprint density at radius 3 is 2.58 bits per heavy atom. The normalized spacial score (nSPS) is 10.8. The summed E-state index contributed by atoms with van der Waals surface area (Å²) in [7, 11) is 0. The van der Waals surface area contributed by atoms with Crippen molar-refractivity contribution in [3.8, 4) is 11.8 Å². The van der Waals surface area contributed by atoms with E-state index in [4.69, 9.17) is 14.7 Å². The maximum atomic E-state index is 10.6. The van der Waals surface area contributed by atoms with Gasteiger partial charge in [0.15, 0.2) is 0 Å². The van der Waals surface area contributed by atoms with Crippen LogP contribution < -0.4 is 4.74 Å². The molecule has 0 spiro atoms. The first kappa shape index (κ1) is 14.9. The van der Waals surface area contributed by atoms with Gasteiger partial charge in [-0.3, -0.25) is 10.1 Å². The number of nitro benzene ring substituents is 1. The molecule has 0 amide bonds. The van der Waals surface area contributed by atoms with Crippen LogP contribution >= 0.6 is 0 Å². The van der Waals surface area contributed by atoms with Crippen LogP contribution in [0, 0.1) is 21.4 Å². The van der Waals surface area contributed by atoms with Gasteiger partial charge in [-0.2, -0.15) is 5.26 Å². The lowest BCUT2D eigenvalue weighted by molar-refractivity contribution is -0.384. The Kier molecular flexibility index (Phi) is 4.84. The lowest BCUT2D eigenvalue weighted by Gasteiger charge is -2.19. The third-order valence-corrected chi connectivity index (χ3v) is 2.17. The molecule has 0 aliphatic heterocycles. The van der Waals surface area contributed by atoms with E-state index in [0.717, 1.165) is 0 Å². The van der Waals surface area contributed by atoms with Crippen molar-refractivity contribution in [3.63, 3.8) is 0 Å². The van der Waals surface area contributed by atoms with E-state index in [1.807, 2.05) is 26.8 Å². The highest BCUT2D eigenvalue weighted by Crippen LogP contribution is 2.23. The fourth-order valence-corrected chi connectivity index (χ4v) is 1.34. The lowest BCUT2D eigenvalue weighted by Crippen LogP contribution is -2.22. The number of nitro groups is 1. The smallest absolute Gasteiger partial charge is 0.271 e. The van der Waals surface area contributed by atoms with Crippen molar-refractivity contribution in [2.24, 2.45) is 0 Å². The minimum atomic E-state index is -0.548. The molecule has 0 saturated heterocycles. The predicted octanol–water partition coefficient (Wildman–Crippen LogP) is 2.66. The molecule has 0 heterocycles. The summed E-state index contributed by atoms with van der Waals surface area (Å²) in [4.78, 5) is 10.0. The van der Waals surface area contributed by atoms with Crippen molar-refractivity contribution in [1.82, 2.24) is 0 Å². The first-order valence-electron chi connectivity index (χ1n) is 5.79. The molecule has 1 aromatic carbocycles. The van der Waals surface area contributed by atoms with E-state index < -0.39 is 4.92 Å². The van der Waals surface area contributed by atoms with Crippen molar-refractivity contribution < 1.29 is 14.4 Å². The summed E-state index contributed by atoms with van der Waals surface area (Å²) in [6.45, 7) is 6.45. The minimum absolute atomic E-state index is 0.130. The van der Waals surface area contributed by atoms with E-state index in [1.54, 1.807) is 0 Å². The van der Waals surface area contributed by atoms with Crippen LogP contribution in [0.2, 0.25) is 0 Å². The summed E-state index contributed by atoms with van der Waals surface area (Å²) in [5, 5.41) is 19.5. The maximum Gasteiger partial charge on any atom is 0.271 e. The molecule has 0 bridgehead atoms. The second-order valence-corrected chi connectivity index (χ2v) is 4.86. The van der Waals surface area contributed by atoms with Crippen molar-refractivity contribution in [2.75, 3.05) is 13.2 Å². The number of rotatable bonds is 5. The first-order chi connectivity index (χ1) is 8.83. The van der Waals surface area contributed by atoms with E-state index in [0.29, 0.717) is 12.4 Å². The predicted molar refractivity (Wildman–Crippen MR) is 69.0 cm³/mol. The highest BCUT2D eigenvalue weighted by Gasteiger charge is 2.12. The molecule has 0 unspecified atom stereocenters. The van der Waals surface area contributed by atoms with Crippen molar-refractivity contribution in [2.45, 2.75) is 26.4 Å². The molecule has 19 heavy (non-hydrogen) atoms. The van der Waals surface area contributed by atoms with Crippen LogP contribution in [0.25, 0.3) is 0 Å². The third kappa shape index (κ3) is 4.94. The molecule has 102 valence electrons. The summed E-state index contributed by atoms with van der Waals surface area (Å²) in [6.07, 6.45) is 0. The van der Waals surface area contributed by atoms with Crippen LogP contribution in [0.15, 0.2) is 18.2 Å². The van der Waals surface area contributed by atoms with E-state index in [1.165, 1.54) is 18.2 Å². The topological polar surface area (TPSA) is 85.4 Å². The maximum absolute atomic E-state index is 10.6. The minimum Gasteiger partial charge on any atom is -0.490 e. The van der Waals surface area contributed by atoms with Crippen LogP contribution in [-0.4, -0.2) is 23.7 Å². The molecule has 0 aliphatic rings. The summed E-state index contributed by atoms with van der Waals surface area (Å²) in [6, 6.07) is 5.80. The molecule has 0 N–H and O–H groups in total. The number of nitrogens with zero attached hydrogens (tertiary/aromatic N) is 2. The fraction of sp³-hybridized carbons (Fsp3) is 0.462. The number of ether oxygens (including phenoxy) is 2. The van der Waals surface area contributed by atoms with Crippen LogP contribution in [0.4, 0.5) is 5.69 Å². The molecule has 1 rings (SSSR count). The number of non-ortho nitro benzene ring substituents is 1. The van der Waals surface area contributed by atoms with Gasteiger partial charge in [-0.1, -0.05) is 0 Å². The first-order valence-corrected chi connectivity index (χ1v) is 5.79. The summed E-state index contributed by atoms with van der Waals surface area (Å²) >= 11 is 0. The van der Waals surface area contributed by atoms with Crippen LogP contribution in [0.3, 0.4) is 0 Å². The van der Waals surface area contributed by atoms with Gasteiger partial charge < -0.3 is 9.47 Å². The van der Waals surface area contributed by atoms with Crippen molar-refractivity contribution >= 4 is 5.69 Å². The summed E-state index contributed by atoms with van der Waals surface area (Å²) in [5.41, 5.74) is -0.239. The molecular weight excluding hydrogens is 248 g/mol. The number of nitriles is 1. The number of hydrogen-bond acceptors (Lipinski definition) is 5. The Morgan fingerprint density at radius 1 is 1.37 bits per heavy atom. The third-order valence-electron chi connectivity index (χ3n) is 2.17. The van der Waals surface area contributed by atoms with Gasteiger partial charge in [0, 0.05) is 12.1 Å². The van der Waals surface area contributed by atoms with Gasteiger partial charge in [-0.25, -0.2) is 0 Å². The van der Waals surface area contributed by atoms with Gasteiger partial charge >= 0.3 is 0 Å². The van der Waals surface area contributed by atoms with Gasteiger partial charge in [-0.15, -0.1) is 0 Å². The van der Waals surface area contributed by atoms with E-state index in [9.17, 15) is 10.1 Å². The average Bonchev–Trinajstić information content (AvgIpc) is 2.33. The van der Waals surface area contributed by atoms with Gasteiger partial charge in [0.1, 0.15) is 24.0 Å². The van der Waals surface area contributed by atoms with Gasteiger partial charge in [0.05, 0.1) is 17.1 Å². The second-order valence-electron chi connectivity index (χ2n) is 4.86. The van der Waals surface area contributed by atoms with E-state index in [2.05, 4.69) is 0 Å². The number of hydrogen-bond donors (Lipinski definition) is 0. The molecule has 0 atom stereocenters. The Bertz CT molecular complexity index is 500. The van der Waals surface area contributed by atoms with Gasteiger partial charge in [0.2, 0.25) is 0 Å². The lowest BCUT2D eigenvalue weighted by atomic mass is 10.2. The standard InChI is InChI=1S/C13H16N2O4/c1-13(2,3)19-7-6-18-12-5-4-11(15(16)17)8-10(12)9-14/h4-5,8H,6-7H2,1-3H3. The van der Waals surface area contributed by atoms with E-state index >= 15 is 0 Å². The zero-order valence-corrected chi connectivity index (χ0v) is 11.2. The zero-order chi connectivity index (χ0) is 14.5. The molecule has 0 aliphatic carbocycles. The monoisotopic (exact) mass is 264 g/mol. The van der Waals surface area contributed by atoms with E-state index in [-0.39, 0.29) is 23.5 Å². The molecule has 0 aromatic heterocycles. The molecular formula is C13H16N2O4. The Hall–Kier alpha value is -2.13. The quantitative estimate of drug-likeness (QED) is 0.463. The zero-order valence-electron chi connectivity index (χ0n) is 11.2. The highest BCUT2D eigenvalue weighted by molar-refractivity contribution is 5.50. The Labute approximate surface area is 111 Å². The SMILES string of the molecule is CC(C)(C)OCCOc1ccc([N+](=O)[O-])cc1C#N.